The average molecular weight is 342 g/mol. The number of hydrogen-bond donors (Lipinski definition) is 1. The number of thiocarbonyl (C=S) groups is 1. The molecule has 0 aliphatic rings. The number of allylic oxidation sites excluding steroid dienone is 3. The van der Waals surface area contributed by atoms with Crippen LogP contribution in [0.1, 0.15) is 86.5 Å². The molecule has 0 heterocycles. The maximum absolute atomic E-state index is 11.7. The van der Waals surface area contributed by atoms with Crippen LogP contribution >= 0.6 is 12.2 Å². The van der Waals surface area contributed by atoms with E-state index in [0.717, 1.165) is 13.0 Å². The smallest absolute Gasteiger partial charge is 0.252 e. The summed E-state index contributed by atoms with van der Waals surface area (Å²) in [6, 6.07) is 0. The molecule has 0 unspecified atom stereocenters. The largest absolute Gasteiger partial charge is 0.352 e. The number of nitrogens with one attached hydrogen (secondary N) is 1. The van der Waals surface area contributed by atoms with Crippen LogP contribution in [0.4, 0.5) is 0 Å². The fourth-order valence-electron chi connectivity index (χ4n) is 1.75. The minimum atomic E-state index is -0.0703. The fourth-order valence-corrected chi connectivity index (χ4v) is 1.94. The van der Waals surface area contributed by atoms with Crippen LogP contribution in [0.2, 0.25) is 0 Å². The Balaban J connectivity index is -0.000000919. The molecule has 0 saturated heterocycles. The highest BCUT2D eigenvalue weighted by atomic mass is 32.1. The molecule has 0 aliphatic heterocycles. The van der Waals surface area contributed by atoms with Gasteiger partial charge in [-0.3, -0.25) is 4.79 Å². The molecule has 0 aliphatic carbocycles. The molecular weight excluding hydrogens is 302 g/mol. The molecule has 0 fully saturated rings. The lowest BCUT2D eigenvalue weighted by atomic mass is 10.1. The molecule has 0 spiro atoms. The van der Waals surface area contributed by atoms with Crippen molar-refractivity contribution in [3.63, 3.8) is 0 Å². The lowest BCUT2D eigenvalue weighted by Crippen LogP contribution is -2.26. The van der Waals surface area contributed by atoms with Crippen LogP contribution in [0, 0.1) is 0 Å². The summed E-state index contributed by atoms with van der Waals surface area (Å²) in [6.45, 7) is 12.9. The van der Waals surface area contributed by atoms with Crippen molar-refractivity contribution in [2.24, 2.45) is 0 Å². The second-order valence-corrected chi connectivity index (χ2v) is 4.88. The van der Waals surface area contributed by atoms with Crippen LogP contribution in [0.25, 0.3) is 0 Å². The van der Waals surface area contributed by atoms with E-state index in [4.69, 9.17) is 12.2 Å². The Bertz CT molecular complexity index is 309. The van der Waals surface area contributed by atoms with E-state index in [1.165, 1.54) is 43.9 Å². The van der Waals surface area contributed by atoms with Crippen molar-refractivity contribution in [2.45, 2.75) is 86.5 Å². The monoisotopic (exact) mass is 341 g/mol. The third-order valence-corrected chi connectivity index (χ3v) is 3.18. The molecule has 0 saturated carbocycles. The predicted octanol–water partition coefficient (Wildman–Crippen LogP) is 6.41. The zero-order chi connectivity index (χ0) is 18.3. The molecular formula is C20H39NOS. The summed E-state index contributed by atoms with van der Waals surface area (Å²) in [5, 5.41) is 4.34. The molecule has 136 valence electrons. The van der Waals surface area contributed by atoms with Gasteiger partial charge in [-0.1, -0.05) is 97.5 Å². The topological polar surface area (TPSA) is 29.1 Å². The van der Waals surface area contributed by atoms with Gasteiger partial charge >= 0.3 is 0 Å². The van der Waals surface area contributed by atoms with Crippen LogP contribution in [0.5, 0.6) is 0 Å². The molecule has 2 nitrogen and oxygen atoms in total. The highest BCUT2D eigenvalue weighted by Crippen LogP contribution is 2.06. The standard InChI is InChI=1S/C16H27NOS.2C2H6/c1-3-5-7-8-9-10-11-13-17-16(18)15(14-19)12-6-4-2;2*1-2/h4,6,12,14H,3,5,7-11,13H2,1-2H3,(H,17,18);2*1-2H3/b6-4-,15-12+;;. The van der Waals surface area contributed by atoms with Crippen molar-refractivity contribution in [1.29, 1.82) is 0 Å². The minimum absolute atomic E-state index is 0.0703. The van der Waals surface area contributed by atoms with Crippen LogP contribution in [-0.2, 0) is 4.79 Å². The Morgan fingerprint density at radius 3 is 1.96 bits per heavy atom. The van der Waals surface area contributed by atoms with E-state index in [-0.39, 0.29) is 5.91 Å². The average Bonchev–Trinajstić information content (AvgIpc) is 2.61. The van der Waals surface area contributed by atoms with E-state index >= 15 is 0 Å². The first-order valence-corrected chi connectivity index (χ1v) is 9.79. The van der Waals surface area contributed by atoms with Crippen molar-refractivity contribution < 1.29 is 4.79 Å². The van der Waals surface area contributed by atoms with Crippen LogP contribution < -0.4 is 5.32 Å². The van der Waals surface area contributed by atoms with Crippen molar-refractivity contribution in [3.05, 3.63) is 23.8 Å². The summed E-state index contributed by atoms with van der Waals surface area (Å²) in [6.07, 6.45) is 14.2. The van der Waals surface area contributed by atoms with Crippen LogP contribution in [0.15, 0.2) is 23.8 Å². The molecule has 0 rings (SSSR count). The first kappa shape index (κ1) is 26.9. The Labute approximate surface area is 150 Å². The van der Waals surface area contributed by atoms with E-state index in [1.807, 2.05) is 46.8 Å². The van der Waals surface area contributed by atoms with Crippen molar-refractivity contribution >= 4 is 23.5 Å². The number of carbonyl (C=O) groups excluding carboxylic acids is 1. The Morgan fingerprint density at radius 2 is 1.48 bits per heavy atom. The molecule has 0 aromatic heterocycles. The third kappa shape index (κ3) is 21.0. The van der Waals surface area contributed by atoms with E-state index in [9.17, 15) is 4.79 Å². The Morgan fingerprint density at radius 1 is 0.957 bits per heavy atom. The van der Waals surface area contributed by atoms with Gasteiger partial charge in [-0.15, -0.1) is 0 Å². The summed E-state index contributed by atoms with van der Waals surface area (Å²) in [4.78, 5) is 11.7. The highest BCUT2D eigenvalue weighted by Gasteiger charge is 2.03. The van der Waals surface area contributed by atoms with Gasteiger partial charge in [0.15, 0.2) is 0 Å². The Kier molecular flexibility index (Phi) is 30.4. The summed E-state index contributed by atoms with van der Waals surface area (Å²) in [5.74, 6) is -0.0703. The third-order valence-electron chi connectivity index (χ3n) is 2.92. The van der Waals surface area contributed by atoms with Gasteiger partial charge in [0.25, 0.3) is 5.91 Å². The van der Waals surface area contributed by atoms with Gasteiger partial charge in [0.05, 0.1) is 5.57 Å². The summed E-state index contributed by atoms with van der Waals surface area (Å²) in [7, 11) is 0. The molecule has 0 aromatic carbocycles. The second-order valence-electron chi connectivity index (χ2n) is 4.64. The number of carbonyl (C=O) groups is 1. The van der Waals surface area contributed by atoms with Gasteiger partial charge in [0.1, 0.15) is 0 Å². The quantitative estimate of drug-likeness (QED) is 0.204. The molecule has 1 N–H and O–H groups in total. The number of unbranched alkanes of at least 4 members (excludes halogenated alkanes) is 6. The molecule has 0 atom stereocenters. The van der Waals surface area contributed by atoms with Gasteiger partial charge in [0, 0.05) is 11.9 Å². The second kappa shape index (κ2) is 26.0. The van der Waals surface area contributed by atoms with E-state index in [1.54, 1.807) is 6.08 Å². The predicted molar refractivity (Wildman–Crippen MR) is 110 cm³/mol. The number of amides is 1. The Hall–Kier alpha value is -0.960. The van der Waals surface area contributed by atoms with Crippen molar-refractivity contribution in [2.75, 3.05) is 6.54 Å². The SMILES string of the molecule is C/C=C\C=C(/C=S)C(=O)NCCCCCCCCC.CC.CC. The lowest BCUT2D eigenvalue weighted by Gasteiger charge is -2.05. The van der Waals surface area contributed by atoms with Crippen molar-refractivity contribution in [1.82, 2.24) is 5.32 Å². The van der Waals surface area contributed by atoms with Crippen LogP contribution in [0.3, 0.4) is 0 Å². The summed E-state index contributed by atoms with van der Waals surface area (Å²) >= 11 is 4.84. The normalized spacial score (nSPS) is 10.3. The molecule has 0 bridgehead atoms. The van der Waals surface area contributed by atoms with Gasteiger partial charge < -0.3 is 5.32 Å². The zero-order valence-corrected chi connectivity index (χ0v) is 17.1. The lowest BCUT2D eigenvalue weighted by molar-refractivity contribution is -0.116. The van der Waals surface area contributed by atoms with Crippen LogP contribution in [-0.4, -0.2) is 17.8 Å². The maximum Gasteiger partial charge on any atom is 0.252 e. The van der Waals surface area contributed by atoms with Gasteiger partial charge in [-0.2, -0.15) is 0 Å². The van der Waals surface area contributed by atoms with E-state index < -0.39 is 0 Å². The number of hydrogen-bond acceptors (Lipinski definition) is 2. The van der Waals surface area contributed by atoms with E-state index in [0.29, 0.717) is 5.57 Å². The first-order chi connectivity index (χ1) is 11.3. The number of rotatable bonds is 11. The van der Waals surface area contributed by atoms with Gasteiger partial charge in [-0.25, -0.2) is 0 Å². The molecule has 0 radical (unpaired) electrons. The molecule has 1 amide bonds. The molecule has 3 heteroatoms. The molecule has 23 heavy (non-hydrogen) atoms. The van der Waals surface area contributed by atoms with Gasteiger partial charge in [-0.05, 0) is 19.4 Å². The first-order valence-electron chi connectivity index (χ1n) is 9.32. The zero-order valence-electron chi connectivity index (χ0n) is 16.3. The summed E-state index contributed by atoms with van der Waals surface area (Å²) < 4.78 is 0. The molecule has 0 aromatic rings. The van der Waals surface area contributed by atoms with E-state index in [2.05, 4.69) is 12.2 Å². The van der Waals surface area contributed by atoms with Gasteiger partial charge in [0.2, 0.25) is 0 Å². The fraction of sp³-hybridized carbons (Fsp3) is 0.700. The summed E-state index contributed by atoms with van der Waals surface area (Å²) in [5.41, 5.74) is 0.552. The minimum Gasteiger partial charge on any atom is -0.352 e. The highest BCUT2D eigenvalue weighted by molar-refractivity contribution is 7.79. The maximum atomic E-state index is 11.7. The van der Waals surface area contributed by atoms with Crippen molar-refractivity contribution in [3.8, 4) is 0 Å².